The van der Waals surface area contributed by atoms with Crippen LogP contribution < -0.4 is 0 Å². The average molecular weight is 200 g/mol. The van der Waals surface area contributed by atoms with E-state index in [1.54, 1.807) is 11.8 Å². The van der Waals surface area contributed by atoms with E-state index in [4.69, 9.17) is 12.2 Å². The monoisotopic (exact) mass is 200 g/mol. The number of imidazole rings is 1. The average Bonchev–Trinajstić information content (AvgIpc) is 2.52. The Bertz CT molecular complexity index is 268. The van der Waals surface area contributed by atoms with Crippen LogP contribution in [-0.2, 0) is 6.42 Å². The van der Waals surface area contributed by atoms with Gasteiger partial charge in [-0.25, -0.2) is 4.98 Å². The highest BCUT2D eigenvalue weighted by atomic mass is 32.2. The lowest BCUT2D eigenvalue weighted by Gasteiger charge is -1.95. The summed E-state index contributed by atoms with van der Waals surface area (Å²) in [5.41, 5.74) is 0.980. The number of aryl methyl sites for hydroxylation is 1. The molecule has 0 aliphatic carbocycles. The molecule has 1 aromatic heterocycles. The van der Waals surface area contributed by atoms with Gasteiger partial charge in [-0.2, -0.15) is 0 Å². The van der Waals surface area contributed by atoms with Crippen molar-refractivity contribution in [3.63, 3.8) is 0 Å². The molecule has 1 rings (SSSR count). The predicted molar refractivity (Wildman–Crippen MR) is 57.8 cm³/mol. The molecule has 0 atom stereocenters. The zero-order valence-corrected chi connectivity index (χ0v) is 8.89. The van der Waals surface area contributed by atoms with E-state index < -0.39 is 0 Å². The van der Waals surface area contributed by atoms with Crippen molar-refractivity contribution in [3.05, 3.63) is 17.7 Å². The van der Waals surface area contributed by atoms with E-state index in [9.17, 15) is 0 Å². The number of nitrogens with one attached hydrogen (secondary N) is 1. The number of aromatic nitrogens is 2. The van der Waals surface area contributed by atoms with Crippen molar-refractivity contribution in [3.8, 4) is 0 Å². The fourth-order valence-corrected chi connectivity index (χ4v) is 1.83. The quantitative estimate of drug-likeness (QED) is 0.760. The van der Waals surface area contributed by atoms with E-state index in [-0.39, 0.29) is 0 Å². The lowest BCUT2D eigenvalue weighted by atomic mass is 10.5. The van der Waals surface area contributed by atoms with Gasteiger partial charge in [-0.15, -0.1) is 11.8 Å². The number of thioether (sulfide) groups is 1. The molecule has 2 nitrogen and oxygen atoms in total. The van der Waals surface area contributed by atoms with Crippen LogP contribution >= 0.6 is 24.0 Å². The lowest BCUT2D eigenvalue weighted by molar-refractivity contribution is 0.988. The van der Waals surface area contributed by atoms with Crippen LogP contribution in [0.5, 0.6) is 0 Å². The van der Waals surface area contributed by atoms with Gasteiger partial charge in [-0.3, -0.25) is 0 Å². The van der Waals surface area contributed by atoms with Crippen LogP contribution in [0.3, 0.4) is 0 Å². The Morgan fingerprint density at radius 1 is 1.67 bits per heavy atom. The number of rotatable bonds is 3. The maximum absolute atomic E-state index is 5.17. The molecule has 0 bridgehead atoms. The Balaban J connectivity index is 2.68. The van der Waals surface area contributed by atoms with Gasteiger partial charge >= 0.3 is 0 Å². The van der Waals surface area contributed by atoms with E-state index in [1.807, 2.05) is 6.20 Å². The second-order valence-corrected chi connectivity index (χ2v) is 4.26. The minimum Gasteiger partial charge on any atom is -0.341 e. The molecule has 0 saturated carbocycles. The van der Waals surface area contributed by atoms with Crippen molar-refractivity contribution in [2.24, 2.45) is 0 Å². The molecule has 66 valence electrons. The highest BCUT2D eigenvalue weighted by Crippen LogP contribution is 2.11. The maximum Gasteiger partial charge on any atom is 0.106 e. The summed E-state index contributed by atoms with van der Waals surface area (Å²) in [4.78, 5) is 7.36. The normalized spacial score (nSPS) is 10.2. The Hall–Kier alpha value is -0.350. The van der Waals surface area contributed by atoms with E-state index in [0.29, 0.717) is 0 Å². The molecule has 0 aliphatic heterocycles. The van der Waals surface area contributed by atoms with Gasteiger partial charge in [0, 0.05) is 6.42 Å². The third kappa shape index (κ3) is 2.32. The molecule has 0 amide bonds. The topological polar surface area (TPSA) is 28.7 Å². The highest BCUT2D eigenvalue weighted by Gasteiger charge is 2.03. The van der Waals surface area contributed by atoms with Crippen LogP contribution in [0.1, 0.15) is 25.4 Å². The maximum atomic E-state index is 5.17. The highest BCUT2D eigenvalue weighted by molar-refractivity contribution is 8.23. The van der Waals surface area contributed by atoms with Crippen molar-refractivity contribution in [2.75, 3.05) is 5.75 Å². The third-order valence-electron chi connectivity index (χ3n) is 1.46. The number of nitrogens with zero attached hydrogens (tertiary/aromatic N) is 1. The molecule has 1 N–H and O–H groups in total. The molecular formula is C8H12N2S2. The summed E-state index contributed by atoms with van der Waals surface area (Å²) >= 11 is 6.84. The summed E-state index contributed by atoms with van der Waals surface area (Å²) in [6, 6.07) is 0. The molecule has 0 aromatic carbocycles. The molecule has 0 aliphatic rings. The summed E-state index contributed by atoms with van der Waals surface area (Å²) in [5, 5.41) is 0. The molecule has 0 fully saturated rings. The van der Waals surface area contributed by atoms with Gasteiger partial charge in [-0.1, -0.05) is 26.1 Å². The molecule has 0 saturated heterocycles. The van der Waals surface area contributed by atoms with Crippen LogP contribution in [0.15, 0.2) is 6.20 Å². The Kier molecular flexibility index (Phi) is 3.75. The van der Waals surface area contributed by atoms with E-state index in [2.05, 4.69) is 23.8 Å². The first-order chi connectivity index (χ1) is 5.77. The summed E-state index contributed by atoms with van der Waals surface area (Å²) in [5.74, 6) is 2.02. The van der Waals surface area contributed by atoms with Gasteiger partial charge in [0.15, 0.2) is 0 Å². The van der Waals surface area contributed by atoms with Crippen molar-refractivity contribution in [2.45, 2.75) is 20.3 Å². The molecule has 1 aromatic rings. The van der Waals surface area contributed by atoms with Crippen LogP contribution in [0, 0.1) is 0 Å². The Morgan fingerprint density at radius 2 is 2.42 bits per heavy atom. The van der Waals surface area contributed by atoms with E-state index >= 15 is 0 Å². The van der Waals surface area contributed by atoms with Crippen LogP contribution in [-0.4, -0.2) is 19.9 Å². The van der Waals surface area contributed by atoms with Gasteiger partial charge in [0.05, 0.1) is 16.1 Å². The van der Waals surface area contributed by atoms with Crippen LogP contribution in [0.2, 0.25) is 0 Å². The van der Waals surface area contributed by atoms with Gasteiger partial charge < -0.3 is 4.98 Å². The molecule has 1 heterocycles. The van der Waals surface area contributed by atoms with E-state index in [0.717, 1.165) is 27.9 Å². The van der Waals surface area contributed by atoms with Gasteiger partial charge in [0.25, 0.3) is 0 Å². The minimum atomic E-state index is 0.907. The minimum absolute atomic E-state index is 0.907. The Morgan fingerprint density at radius 3 is 2.92 bits per heavy atom. The molecule has 0 unspecified atom stereocenters. The molecule has 0 radical (unpaired) electrons. The first-order valence-electron chi connectivity index (χ1n) is 3.99. The van der Waals surface area contributed by atoms with E-state index in [1.165, 1.54) is 0 Å². The predicted octanol–water partition coefficient (Wildman–Crippen LogP) is 2.40. The zero-order chi connectivity index (χ0) is 8.97. The standard InChI is InChI=1S/C8H12N2S2/c1-3-7-9-5-6(10-7)8(11)12-4-2/h5H,3-4H2,1-2H3,(H,9,10). The number of H-pyrrole nitrogens is 1. The summed E-state index contributed by atoms with van der Waals surface area (Å²) < 4.78 is 0.907. The fraction of sp³-hybridized carbons (Fsp3) is 0.500. The summed E-state index contributed by atoms with van der Waals surface area (Å²) in [6.07, 6.45) is 2.74. The van der Waals surface area contributed by atoms with Crippen molar-refractivity contribution in [1.29, 1.82) is 0 Å². The molecule has 0 spiro atoms. The molecule has 12 heavy (non-hydrogen) atoms. The smallest absolute Gasteiger partial charge is 0.106 e. The van der Waals surface area contributed by atoms with Gasteiger partial charge in [0.2, 0.25) is 0 Å². The second-order valence-electron chi connectivity index (χ2n) is 2.32. The van der Waals surface area contributed by atoms with Crippen molar-refractivity contribution in [1.82, 2.24) is 9.97 Å². The van der Waals surface area contributed by atoms with Gasteiger partial charge in [-0.05, 0) is 5.75 Å². The number of hydrogen-bond acceptors (Lipinski definition) is 3. The fourth-order valence-electron chi connectivity index (χ4n) is 0.855. The first-order valence-corrected chi connectivity index (χ1v) is 5.38. The number of thiocarbonyl (C=S) groups is 1. The second kappa shape index (κ2) is 4.62. The largest absolute Gasteiger partial charge is 0.341 e. The zero-order valence-electron chi connectivity index (χ0n) is 7.26. The number of hydrogen-bond donors (Lipinski definition) is 1. The van der Waals surface area contributed by atoms with Crippen LogP contribution in [0.4, 0.5) is 0 Å². The summed E-state index contributed by atoms with van der Waals surface area (Å²) in [7, 11) is 0. The first kappa shape index (κ1) is 9.74. The van der Waals surface area contributed by atoms with Gasteiger partial charge in [0.1, 0.15) is 5.82 Å². The van der Waals surface area contributed by atoms with Crippen molar-refractivity contribution < 1.29 is 0 Å². The molecule has 4 heteroatoms. The van der Waals surface area contributed by atoms with Crippen LogP contribution in [0.25, 0.3) is 0 Å². The lowest BCUT2D eigenvalue weighted by Crippen LogP contribution is -1.92. The third-order valence-corrected chi connectivity index (χ3v) is 2.80. The Labute approximate surface area is 82.2 Å². The number of aromatic amines is 1. The summed E-state index contributed by atoms with van der Waals surface area (Å²) in [6.45, 7) is 4.16. The molecular weight excluding hydrogens is 188 g/mol. The SMILES string of the molecule is CCSC(=S)c1cnc(CC)[nH]1. The van der Waals surface area contributed by atoms with Crippen molar-refractivity contribution >= 4 is 28.2 Å².